The van der Waals surface area contributed by atoms with Crippen molar-refractivity contribution in [3.05, 3.63) is 64.1 Å². The van der Waals surface area contributed by atoms with E-state index in [0.717, 1.165) is 29.6 Å². The Morgan fingerprint density at radius 3 is 2.67 bits per heavy atom. The second-order valence-electron chi connectivity index (χ2n) is 6.30. The standard InChI is InChI=1S/C19H19N3O2/c1-21-16-7-2-3-8-17(16)22(19(21)24)12-18(23)20-15-10-9-13-5-4-6-14(13)11-15/h2-3,7-11H,4-6,12H2,1H3,(H,20,23). The van der Waals surface area contributed by atoms with Crippen molar-refractivity contribution in [2.45, 2.75) is 25.8 Å². The van der Waals surface area contributed by atoms with Gasteiger partial charge in [0.05, 0.1) is 11.0 Å². The lowest BCUT2D eigenvalue weighted by Crippen LogP contribution is -2.28. The molecule has 0 spiro atoms. The van der Waals surface area contributed by atoms with Crippen LogP contribution in [0, 0.1) is 0 Å². The number of fused-ring (bicyclic) bond motifs is 2. The van der Waals surface area contributed by atoms with E-state index in [9.17, 15) is 9.59 Å². The maximum Gasteiger partial charge on any atom is 0.329 e. The minimum Gasteiger partial charge on any atom is -0.325 e. The SMILES string of the molecule is Cn1c(=O)n(CC(=O)Nc2ccc3c(c2)CCC3)c2ccccc21. The van der Waals surface area contributed by atoms with Crippen molar-refractivity contribution in [3.8, 4) is 0 Å². The lowest BCUT2D eigenvalue weighted by Gasteiger charge is -2.08. The summed E-state index contributed by atoms with van der Waals surface area (Å²) < 4.78 is 3.08. The molecule has 4 rings (SSSR count). The number of amides is 1. The predicted octanol–water partition coefficient (Wildman–Crippen LogP) is 2.47. The molecule has 122 valence electrons. The lowest BCUT2D eigenvalue weighted by atomic mass is 10.1. The van der Waals surface area contributed by atoms with E-state index >= 15 is 0 Å². The zero-order valence-electron chi connectivity index (χ0n) is 13.6. The Morgan fingerprint density at radius 2 is 1.83 bits per heavy atom. The molecule has 0 bridgehead atoms. The second kappa shape index (κ2) is 5.67. The second-order valence-corrected chi connectivity index (χ2v) is 6.30. The van der Waals surface area contributed by atoms with E-state index in [1.54, 1.807) is 11.6 Å². The normalized spacial score (nSPS) is 13.2. The Hall–Kier alpha value is -2.82. The molecular formula is C19H19N3O2. The number of carbonyl (C=O) groups is 1. The summed E-state index contributed by atoms with van der Waals surface area (Å²) >= 11 is 0. The van der Waals surface area contributed by atoms with E-state index in [0.29, 0.717) is 0 Å². The van der Waals surface area contributed by atoms with Crippen molar-refractivity contribution in [2.24, 2.45) is 7.05 Å². The molecule has 0 saturated carbocycles. The van der Waals surface area contributed by atoms with E-state index in [1.807, 2.05) is 36.4 Å². The highest BCUT2D eigenvalue weighted by atomic mass is 16.2. The first kappa shape index (κ1) is 14.8. The molecule has 24 heavy (non-hydrogen) atoms. The molecule has 1 aliphatic carbocycles. The molecule has 1 aliphatic rings. The number of aryl methyl sites for hydroxylation is 3. The summed E-state index contributed by atoms with van der Waals surface area (Å²) in [6.07, 6.45) is 3.37. The van der Waals surface area contributed by atoms with Crippen LogP contribution in [-0.4, -0.2) is 15.0 Å². The molecule has 0 aliphatic heterocycles. The molecule has 1 amide bonds. The molecule has 5 heteroatoms. The number of aromatic nitrogens is 2. The number of rotatable bonds is 3. The maximum atomic E-state index is 12.4. The van der Waals surface area contributed by atoms with Crippen LogP contribution in [0.2, 0.25) is 0 Å². The van der Waals surface area contributed by atoms with Gasteiger partial charge in [-0.05, 0) is 54.7 Å². The zero-order valence-corrected chi connectivity index (χ0v) is 13.6. The lowest BCUT2D eigenvalue weighted by molar-refractivity contribution is -0.116. The highest BCUT2D eigenvalue weighted by Crippen LogP contribution is 2.24. The summed E-state index contributed by atoms with van der Waals surface area (Å²) in [4.78, 5) is 24.8. The van der Waals surface area contributed by atoms with Crippen LogP contribution in [0.5, 0.6) is 0 Å². The van der Waals surface area contributed by atoms with Gasteiger partial charge in [0.2, 0.25) is 5.91 Å². The van der Waals surface area contributed by atoms with Gasteiger partial charge >= 0.3 is 5.69 Å². The molecule has 3 aromatic rings. The number of nitrogens with zero attached hydrogens (tertiary/aromatic N) is 2. The van der Waals surface area contributed by atoms with Gasteiger partial charge in [0, 0.05) is 12.7 Å². The molecule has 0 saturated heterocycles. The molecule has 5 nitrogen and oxygen atoms in total. The smallest absolute Gasteiger partial charge is 0.325 e. The quantitative estimate of drug-likeness (QED) is 0.806. The first-order valence-electron chi connectivity index (χ1n) is 8.19. The van der Waals surface area contributed by atoms with Gasteiger partial charge in [0.1, 0.15) is 6.54 Å². The fraction of sp³-hybridized carbons (Fsp3) is 0.263. The van der Waals surface area contributed by atoms with Gasteiger partial charge in [-0.25, -0.2) is 4.79 Å². The van der Waals surface area contributed by atoms with Crippen LogP contribution in [0.4, 0.5) is 5.69 Å². The van der Waals surface area contributed by atoms with Crippen LogP contribution < -0.4 is 11.0 Å². The number of para-hydroxylation sites is 2. The summed E-state index contributed by atoms with van der Waals surface area (Å²) in [5, 5.41) is 2.91. The van der Waals surface area contributed by atoms with Crippen molar-refractivity contribution in [2.75, 3.05) is 5.32 Å². The van der Waals surface area contributed by atoms with Gasteiger partial charge in [-0.3, -0.25) is 13.9 Å². The van der Waals surface area contributed by atoms with Gasteiger partial charge < -0.3 is 5.32 Å². The van der Waals surface area contributed by atoms with E-state index < -0.39 is 0 Å². The van der Waals surface area contributed by atoms with E-state index in [-0.39, 0.29) is 18.1 Å². The number of hydrogen-bond donors (Lipinski definition) is 1. The number of imidazole rings is 1. The average Bonchev–Trinajstić information content (AvgIpc) is 3.14. The molecule has 0 radical (unpaired) electrons. The van der Waals surface area contributed by atoms with E-state index in [2.05, 4.69) is 11.4 Å². The topological polar surface area (TPSA) is 56.0 Å². The fourth-order valence-electron chi connectivity index (χ4n) is 3.51. The van der Waals surface area contributed by atoms with Crippen LogP contribution in [-0.2, 0) is 31.2 Å². The number of benzene rings is 2. The summed E-state index contributed by atoms with van der Waals surface area (Å²) in [5.41, 5.74) is 4.91. The number of hydrogen-bond acceptors (Lipinski definition) is 2. The minimum absolute atomic E-state index is 0.0112. The summed E-state index contributed by atoms with van der Waals surface area (Å²) in [6, 6.07) is 13.6. The van der Waals surface area contributed by atoms with Gasteiger partial charge in [-0.2, -0.15) is 0 Å². The van der Waals surface area contributed by atoms with Gasteiger partial charge in [-0.15, -0.1) is 0 Å². The van der Waals surface area contributed by atoms with Crippen molar-refractivity contribution in [1.29, 1.82) is 0 Å². The Balaban J connectivity index is 1.59. The monoisotopic (exact) mass is 321 g/mol. The zero-order chi connectivity index (χ0) is 16.7. The first-order valence-corrected chi connectivity index (χ1v) is 8.19. The third-order valence-corrected chi connectivity index (χ3v) is 4.74. The largest absolute Gasteiger partial charge is 0.329 e. The highest BCUT2D eigenvalue weighted by molar-refractivity contribution is 5.91. The van der Waals surface area contributed by atoms with Crippen LogP contribution in [0.3, 0.4) is 0 Å². The van der Waals surface area contributed by atoms with Crippen molar-refractivity contribution in [3.63, 3.8) is 0 Å². The Morgan fingerprint density at radius 1 is 1.08 bits per heavy atom. The Bertz CT molecular complexity index is 998. The Kier molecular flexibility index (Phi) is 3.49. The summed E-state index contributed by atoms with van der Waals surface area (Å²) in [5.74, 6) is -0.189. The fourth-order valence-corrected chi connectivity index (χ4v) is 3.51. The van der Waals surface area contributed by atoms with E-state index in [4.69, 9.17) is 0 Å². The van der Waals surface area contributed by atoms with Gasteiger partial charge in [-0.1, -0.05) is 18.2 Å². The summed E-state index contributed by atoms with van der Waals surface area (Å²) in [7, 11) is 1.72. The number of anilines is 1. The number of nitrogens with one attached hydrogen (secondary N) is 1. The molecule has 1 aromatic heterocycles. The van der Waals surface area contributed by atoms with Crippen LogP contribution in [0.15, 0.2) is 47.3 Å². The van der Waals surface area contributed by atoms with Crippen molar-refractivity contribution < 1.29 is 4.79 Å². The maximum absolute atomic E-state index is 12.4. The molecule has 1 N–H and O–H groups in total. The van der Waals surface area contributed by atoms with Crippen LogP contribution in [0.1, 0.15) is 17.5 Å². The third kappa shape index (κ3) is 2.42. The molecule has 1 heterocycles. The number of carbonyl (C=O) groups excluding carboxylic acids is 1. The minimum atomic E-state index is -0.189. The summed E-state index contributed by atoms with van der Waals surface area (Å²) in [6.45, 7) is 0.0112. The van der Waals surface area contributed by atoms with Crippen molar-refractivity contribution in [1.82, 2.24) is 9.13 Å². The molecule has 2 aromatic carbocycles. The Labute approximate surface area is 139 Å². The van der Waals surface area contributed by atoms with E-state index in [1.165, 1.54) is 22.1 Å². The third-order valence-electron chi connectivity index (χ3n) is 4.74. The molecule has 0 atom stereocenters. The first-order chi connectivity index (χ1) is 11.6. The van der Waals surface area contributed by atoms with Gasteiger partial charge in [0.15, 0.2) is 0 Å². The van der Waals surface area contributed by atoms with Crippen LogP contribution >= 0.6 is 0 Å². The highest BCUT2D eigenvalue weighted by Gasteiger charge is 2.15. The van der Waals surface area contributed by atoms with Crippen LogP contribution in [0.25, 0.3) is 11.0 Å². The predicted molar refractivity (Wildman–Crippen MR) is 94.3 cm³/mol. The average molecular weight is 321 g/mol. The van der Waals surface area contributed by atoms with Gasteiger partial charge in [0.25, 0.3) is 0 Å². The molecular weight excluding hydrogens is 302 g/mol. The molecule has 0 fully saturated rings. The molecule has 0 unspecified atom stereocenters. The van der Waals surface area contributed by atoms with Crippen molar-refractivity contribution >= 4 is 22.6 Å².